The van der Waals surface area contributed by atoms with Crippen LogP contribution in [0.15, 0.2) is 0 Å². The smallest absolute Gasteiger partial charge is 0.0644 e. The molecule has 16 N–H and O–H groups in total. The molecule has 13 heteroatoms. The fourth-order valence-corrected chi connectivity index (χ4v) is 12.3. The summed E-state index contributed by atoms with van der Waals surface area (Å²) in [6.45, 7) is 0. The van der Waals surface area contributed by atoms with E-state index in [1.165, 1.54) is 77.0 Å². The van der Waals surface area contributed by atoms with Crippen LogP contribution in [0.2, 0.25) is 0 Å². The van der Waals surface area contributed by atoms with E-state index in [0.717, 1.165) is 0 Å². The predicted molar refractivity (Wildman–Crippen MR) is 171 cm³/mol. The molecule has 12 nitrogen and oxygen atoms in total. The molecule has 20 atom stereocenters. The van der Waals surface area contributed by atoms with Gasteiger partial charge in [-0.05, 0) is 74.0 Å². The van der Waals surface area contributed by atoms with Crippen LogP contribution in [0.3, 0.4) is 0 Å². The molecule has 45 heavy (non-hydrogen) atoms. The molecule has 4 saturated carbocycles. The van der Waals surface area contributed by atoms with Crippen LogP contribution < -0.4 is 65.5 Å². The largest absolute Gasteiger partial charge is 0.326 e. The van der Waals surface area contributed by atoms with E-state index >= 15 is 0 Å². The summed E-state index contributed by atoms with van der Waals surface area (Å²) in [5, 5.41) is 33.0. The quantitative estimate of drug-likeness (QED) is 0.125. The van der Waals surface area contributed by atoms with Crippen molar-refractivity contribution in [1.82, 2.24) is 42.5 Å². The zero-order valence-electron chi connectivity index (χ0n) is 26.6. The first kappa shape index (κ1) is 32.5. The molecule has 0 aromatic rings. The molecule has 4 aliphatic carbocycles. The standard InChI is InChI=1S/C32H60N12.Au/c33-21-19-20(22(34)24(36)23(21)35)32-43-30-18-12-6-4-10-16(18)28(41-30)39-26-14-8-2-1-7-13(14)25(37-26)38-27-15-9-3-5-11-17(15)29(40-27)42-31(19)44-32;/h13-32,37-44H,1-12,33-36H2;. The molecule has 5 aliphatic heterocycles. The number of hydrogen-bond donors (Lipinski definition) is 12. The first-order chi connectivity index (χ1) is 21.5. The molecule has 9 aliphatic rings. The molecule has 5 heterocycles. The molecule has 1 radical (unpaired) electrons. The van der Waals surface area contributed by atoms with Gasteiger partial charge in [-0.15, -0.1) is 0 Å². The van der Waals surface area contributed by atoms with E-state index in [2.05, 4.69) is 42.5 Å². The second-order valence-corrected chi connectivity index (χ2v) is 16.5. The van der Waals surface area contributed by atoms with Crippen molar-refractivity contribution < 1.29 is 22.4 Å². The molecular formula is C32H60AuN12. The minimum atomic E-state index is -0.315. The Kier molecular flexibility index (Phi) is 9.28. The van der Waals surface area contributed by atoms with Gasteiger partial charge in [0.25, 0.3) is 0 Å². The van der Waals surface area contributed by atoms with Crippen LogP contribution in [0.25, 0.3) is 0 Å². The Balaban J connectivity index is 0.00000300. The van der Waals surface area contributed by atoms with Crippen molar-refractivity contribution in [2.45, 2.75) is 151 Å². The summed E-state index contributed by atoms with van der Waals surface area (Å²) in [7, 11) is 0. The molecular weight excluding hydrogens is 749 g/mol. The maximum Gasteiger partial charge on any atom is 0.0644 e. The van der Waals surface area contributed by atoms with Crippen molar-refractivity contribution >= 4 is 0 Å². The van der Waals surface area contributed by atoms with Crippen molar-refractivity contribution in [3.8, 4) is 0 Å². The Morgan fingerprint density at radius 3 is 0.733 bits per heavy atom. The zero-order chi connectivity index (χ0) is 29.7. The molecule has 8 bridgehead atoms. The number of fused-ring (bicyclic) bond motifs is 20. The van der Waals surface area contributed by atoms with E-state index in [1.807, 2.05) is 0 Å². The number of hydrogen-bond acceptors (Lipinski definition) is 12. The van der Waals surface area contributed by atoms with Crippen molar-refractivity contribution in [3.63, 3.8) is 0 Å². The van der Waals surface area contributed by atoms with E-state index in [9.17, 15) is 0 Å². The number of nitrogens with one attached hydrogen (secondary N) is 8. The Morgan fingerprint density at radius 1 is 0.289 bits per heavy atom. The molecule has 0 aromatic carbocycles. The molecule has 20 unspecified atom stereocenters. The van der Waals surface area contributed by atoms with Crippen molar-refractivity contribution in [2.75, 3.05) is 0 Å². The van der Waals surface area contributed by atoms with Crippen molar-refractivity contribution in [2.24, 2.45) is 70.3 Å². The first-order valence-electron chi connectivity index (χ1n) is 18.6. The van der Waals surface area contributed by atoms with E-state index < -0.39 is 0 Å². The third-order valence-electron chi connectivity index (χ3n) is 14.5. The van der Waals surface area contributed by atoms with E-state index in [1.54, 1.807) is 0 Å². The monoisotopic (exact) mass is 809 g/mol. The molecule has 9 fully saturated rings. The molecule has 9 rings (SSSR count). The summed E-state index contributed by atoms with van der Waals surface area (Å²) >= 11 is 0. The zero-order valence-corrected chi connectivity index (χ0v) is 28.8. The van der Waals surface area contributed by atoms with E-state index in [-0.39, 0.29) is 83.0 Å². The van der Waals surface area contributed by atoms with Gasteiger partial charge in [0.05, 0.1) is 49.3 Å². The minimum Gasteiger partial charge on any atom is -0.326 e. The third-order valence-corrected chi connectivity index (χ3v) is 14.5. The summed E-state index contributed by atoms with van der Waals surface area (Å²) in [6.07, 6.45) is 17.4. The maximum atomic E-state index is 6.98. The first-order valence-corrected chi connectivity index (χ1v) is 18.6. The molecule has 259 valence electrons. The second kappa shape index (κ2) is 12.9. The third kappa shape index (κ3) is 5.38. The Labute approximate surface area is 284 Å². The summed E-state index contributed by atoms with van der Waals surface area (Å²) in [4.78, 5) is 0. The Hall–Kier alpha value is 0.260. The van der Waals surface area contributed by atoms with Gasteiger partial charge in [-0.3, -0.25) is 42.5 Å². The maximum absolute atomic E-state index is 6.98. The molecule has 0 spiro atoms. The van der Waals surface area contributed by atoms with Gasteiger partial charge in [0.1, 0.15) is 0 Å². The van der Waals surface area contributed by atoms with Crippen LogP contribution in [0.1, 0.15) is 77.0 Å². The van der Waals surface area contributed by atoms with Crippen LogP contribution in [0, 0.1) is 47.3 Å². The topological polar surface area (TPSA) is 200 Å². The molecule has 0 amide bonds. The summed E-state index contributed by atoms with van der Waals surface area (Å²) in [6, 6.07) is -1.07. The summed E-state index contributed by atoms with van der Waals surface area (Å²) < 4.78 is 0. The van der Waals surface area contributed by atoms with Gasteiger partial charge in [-0.2, -0.15) is 0 Å². The van der Waals surface area contributed by atoms with Crippen LogP contribution in [0.4, 0.5) is 0 Å². The van der Waals surface area contributed by atoms with Gasteiger partial charge < -0.3 is 22.9 Å². The van der Waals surface area contributed by atoms with Gasteiger partial charge in [-0.1, -0.05) is 38.5 Å². The van der Waals surface area contributed by atoms with Gasteiger partial charge in [0.2, 0.25) is 0 Å². The number of nitrogens with two attached hydrogens (primary N) is 4. The SMILES string of the molecule is NC1C(N)C(N)C2C3NC4NC(NC5NC(NC6NC(NC(N3)C2C1N)C1CCCCC61)C1CCCCC51)C1CCCCC41.[Au]. The van der Waals surface area contributed by atoms with Crippen LogP contribution >= 0.6 is 0 Å². The van der Waals surface area contributed by atoms with Gasteiger partial charge in [0.15, 0.2) is 0 Å². The Bertz CT molecular complexity index is 978. The summed E-state index contributed by atoms with van der Waals surface area (Å²) in [5.74, 6) is 3.98. The van der Waals surface area contributed by atoms with E-state index in [4.69, 9.17) is 22.9 Å². The fourth-order valence-electron chi connectivity index (χ4n) is 12.3. The van der Waals surface area contributed by atoms with Gasteiger partial charge >= 0.3 is 0 Å². The average Bonchev–Trinajstić information content (AvgIpc) is 3.78. The van der Waals surface area contributed by atoms with Crippen LogP contribution in [-0.2, 0) is 22.4 Å². The summed E-state index contributed by atoms with van der Waals surface area (Å²) in [5.41, 5.74) is 27.3. The minimum absolute atomic E-state index is 0. The molecule has 0 aromatic heterocycles. The predicted octanol–water partition coefficient (Wildman–Crippen LogP) is -1.65. The molecule has 5 saturated heterocycles. The van der Waals surface area contributed by atoms with Gasteiger partial charge in [0, 0.05) is 58.4 Å². The van der Waals surface area contributed by atoms with Crippen molar-refractivity contribution in [1.29, 1.82) is 0 Å². The normalized spacial score (nSPS) is 58.9. The Morgan fingerprint density at radius 2 is 0.489 bits per heavy atom. The average molecular weight is 810 g/mol. The number of rotatable bonds is 0. The van der Waals surface area contributed by atoms with Crippen LogP contribution in [-0.4, -0.2) is 73.5 Å². The van der Waals surface area contributed by atoms with Crippen LogP contribution in [0.5, 0.6) is 0 Å². The van der Waals surface area contributed by atoms with E-state index in [0.29, 0.717) is 60.2 Å². The fraction of sp³-hybridized carbons (Fsp3) is 1.00. The van der Waals surface area contributed by atoms with Gasteiger partial charge in [-0.25, -0.2) is 0 Å². The van der Waals surface area contributed by atoms with Crippen molar-refractivity contribution in [3.05, 3.63) is 0 Å². The second-order valence-electron chi connectivity index (χ2n) is 16.5.